The zero-order chi connectivity index (χ0) is 13.6. The van der Waals surface area contributed by atoms with Gasteiger partial charge in [0.1, 0.15) is 0 Å². The standard InChI is InChI=1S/C13H18O6/c14-12(15)10-2-6(1-7-4-18-7)11(13(16)17)9(10)3-8-5-19-8/h6-11H,1-5H2,(H,14,15)(H,16,17). The summed E-state index contributed by atoms with van der Waals surface area (Å²) in [4.78, 5) is 22.9. The molecule has 2 heterocycles. The molecular weight excluding hydrogens is 252 g/mol. The summed E-state index contributed by atoms with van der Waals surface area (Å²) in [5.74, 6) is -3.29. The minimum Gasteiger partial charge on any atom is -0.481 e. The molecule has 2 saturated heterocycles. The fourth-order valence-electron chi connectivity index (χ4n) is 3.52. The molecule has 0 amide bonds. The normalized spacial score (nSPS) is 44.0. The number of hydrogen-bond acceptors (Lipinski definition) is 4. The molecule has 0 aromatic rings. The number of rotatable bonds is 6. The summed E-state index contributed by atoms with van der Waals surface area (Å²) in [6.07, 6.45) is 1.87. The molecule has 3 fully saturated rings. The van der Waals surface area contributed by atoms with Crippen LogP contribution in [-0.4, -0.2) is 47.6 Å². The van der Waals surface area contributed by atoms with Crippen LogP contribution in [0.4, 0.5) is 0 Å². The van der Waals surface area contributed by atoms with Gasteiger partial charge in [0.2, 0.25) is 0 Å². The van der Waals surface area contributed by atoms with Crippen molar-refractivity contribution >= 4 is 11.9 Å². The van der Waals surface area contributed by atoms with Crippen LogP contribution in [0, 0.1) is 23.7 Å². The summed E-state index contributed by atoms with van der Waals surface area (Å²) >= 11 is 0. The van der Waals surface area contributed by atoms with Gasteiger partial charge >= 0.3 is 11.9 Å². The molecule has 106 valence electrons. The molecule has 3 rings (SSSR count). The third-order valence-corrected chi connectivity index (χ3v) is 4.55. The Bertz CT molecular complexity index is 387. The second-order valence-electron chi connectivity index (χ2n) is 5.85. The van der Waals surface area contributed by atoms with Crippen molar-refractivity contribution in [3.05, 3.63) is 0 Å². The topological polar surface area (TPSA) is 99.7 Å². The lowest BCUT2D eigenvalue weighted by Crippen LogP contribution is -2.29. The van der Waals surface area contributed by atoms with Crippen LogP contribution in [0.25, 0.3) is 0 Å². The van der Waals surface area contributed by atoms with E-state index >= 15 is 0 Å². The second kappa shape index (κ2) is 4.76. The minimum absolute atomic E-state index is 0.0598. The first-order valence-electron chi connectivity index (χ1n) is 6.75. The average molecular weight is 270 g/mol. The van der Waals surface area contributed by atoms with Gasteiger partial charge in [0, 0.05) is 0 Å². The van der Waals surface area contributed by atoms with Gasteiger partial charge in [-0.15, -0.1) is 0 Å². The van der Waals surface area contributed by atoms with Crippen LogP contribution in [0.2, 0.25) is 0 Å². The number of carbonyl (C=O) groups is 2. The number of epoxide rings is 2. The molecule has 6 nitrogen and oxygen atoms in total. The smallest absolute Gasteiger partial charge is 0.307 e. The maximum Gasteiger partial charge on any atom is 0.307 e. The molecule has 3 aliphatic rings. The lowest BCUT2D eigenvalue weighted by Gasteiger charge is -2.21. The Labute approximate surface area is 110 Å². The van der Waals surface area contributed by atoms with Crippen molar-refractivity contribution in [2.24, 2.45) is 23.7 Å². The highest BCUT2D eigenvalue weighted by atomic mass is 16.6. The average Bonchev–Trinajstić information content (AvgIpc) is 3.19. The zero-order valence-electron chi connectivity index (χ0n) is 10.5. The van der Waals surface area contributed by atoms with E-state index in [1.54, 1.807) is 0 Å². The van der Waals surface area contributed by atoms with Crippen molar-refractivity contribution < 1.29 is 29.3 Å². The first-order chi connectivity index (χ1) is 9.06. The van der Waals surface area contributed by atoms with E-state index in [4.69, 9.17) is 9.47 Å². The summed E-state index contributed by atoms with van der Waals surface area (Å²) in [6, 6.07) is 0. The van der Waals surface area contributed by atoms with Crippen molar-refractivity contribution in [1.29, 1.82) is 0 Å². The molecule has 2 N–H and O–H groups in total. The molecule has 0 aromatic carbocycles. The van der Waals surface area contributed by atoms with Crippen LogP contribution in [0.5, 0.6) is 0 Å². The Hall–Kier alpha value is -1.14. The first-order valence-corrected chi connectivity index (χ1v) is 6.75. The number of carboxylic acid groups (broad SMARTS) is 2. The molecule has 0 spiro atoms. The molecule has 1 aliphatic carbocycles. The summed E-state index contributed by atoms with van der Waals surface area (Å²) in [6.45, 7) is 1.31. The van der Waals surface area contributed by atoms with Crippen LogP contribution in [0.15, 0.2) is 0 Å². The minimum atomic E-state index is -0.879. The fraction of sp³-hybridized carbons (Fsp3) is 0.846. The second-order valence-corrected chi connectivity index (χ2v) is 5.85. The summed E-state index contributed by atoms with van der Waals surface area (Å²) < 4.78 is 10.3. The third-order valence-electron chi connectivity index (χ3n) is 4.55. The third kappa shape index (κ3) is 2.74. The first kappa shape index (κ1) is 12.9. The summed E-state index contributed by atoms with van der Waals surface area (Å²) in [5, 5.41) is 18.8. The Morgan fingerprint density at radius 2 is 1.58 bits per heavy atom. The molecule has 6 unspecified atom stereocenters. The van der Waals surface area contributed by atoms with Crippen LogP contribution >= 0.6 is 0 Å². The Morgan fingerprint density at radius 1 is 1.00 bits per heavy atom. The largest absolute Gasteiger partial charge is 0.481 e. The summed E-state index contributed by atoms with van der Waals surface area (Å²) in [7, 11) is 0. The molecule has 19 heavy (non-hydrogen) atoms. The monoisotopic (exact) mass is 270 g/mol. The Morgan fingerprint density at radius 3 is 2.05 bits per heavy atom. The van der Waals surface area contributed by atoms with Crippen molar-refractivity contribution in [3.63, 3.8) is 0 Å². The van der Waals surface area contributed by atoms with Crippen molar-refractivity contribution in [2.75, 3.05) is 13.2 Å². The maximum absolute atomic E-state index is 11.5. The number of hydrogen-bond donors (Lipinski definition) is 2. The van der Waals surface area contributed by atoms with Gasteiger partial charge < -0.3 is 19.7 Å². The van der Waals surface area contributed by atoms with Gasteiger partial charge in [-0.1, -0.05) is 0 Å². The van der Waals surface area contributed by atoms with Gasteiger partial charge in [0.25, 0.3) is 0 Å². The number of aliphatic carboxylic acids is 2. The van der Waals surface area contributed by atoms with Crippen molar-refractivity contribution in [2.45, 2.75) is 31.5 Å². The molecule has 0 bridgehead atoms. The van der Waals surface area contributed by atoms with Crippen LogP contribution in [0.3, 0.4) is 0 Å². The SMILES string of the molecule is O=C(O)C1CC(CC2CO2)C(C(=O)O)C1CC1CO1. The van der Waals surface area contributed by atoms with E-state index < -0.39 is 23.8 Å². The van der Waals surface area contributed by atoms with Crippen LogP contribution in [0.1, 0.15) is 19.3 Å². The van der Waals surface area contributed by atoms with E-state index in [1.807, 2.05) is 0 Å². The highest BCUT2D eigenvalue weighted by Gasteiger charge is 2.52. The molecule has 0 radical (unpaired) electrons. The lowest BCUT2D eigenvalue weighted by atomic mass is 9.82. The quantitative estimate of drug-likeness (QED) is 0.686. The molecule has 6 atom stereocenters. The van der Waals surface area contributed by atoms with Crippen LogP contribution in [-0.2, 0) is 19.1 Å². The Balaban J connectivity index is 1.76. The van der Waals surface area contributed by atoms with Gasteiger partial charge in [0.15, 0.2) is 0 Å². The van der Waals surface area contributed by atoms with E-state index in [0.29, 0.717) is 32.5 Å². The van der Waals surface area contributed by atoms with Crippen molar-refractivity contribution in [3.8, 4) is 0 Å². The molecule has 0 aromatic heterocycles. The van der Waals surface area contributed by atoms with Gasteiger partial charge in [-0.05, 0) is 31.1 Å². The number of ether oxygens (including phenoxy) is 2. The molecular formula is C13H18O6. The van der Waals surface area contributed by atoms with Gasteiger partial charge in [-0.25, -0.2) is 0 Å². The molecule has 2 aliphatic heterocycles. The van der Waals surface area contributed by atoms with E-state index in [2.05, 4.69) is 0 Å². The highest BCUT2D eigenvalue weighted by molar-refractivity contribution is 5.76. The van der Waals surface area contributed by atoms with Gasteiger partial charge in [-0.3, -0.25) is 9.59 Å². The van der Waals surface area contributed by atoms with E-state index in [0.717, 1.165) is 0 Å². The predicted molar refractivity (Wildman–Crippen MR) is 62.6 cm³/mol. The van der Waals surface area contributed by atoms with E-state index in [1.165, 1.54) is 0 Å². The highest BCUT2D eigenvalue weighted by Crippen LogP contribution is 2.48. The van der Waals surface area contributed by atoms with Gasteiger partial charge in [-0.2, -0.15) is 0 Å². The molecule has 6 heteroatoms. The van der Waals surface area contributed by atoms with E-state index in [9.17, 15) is 19.8 Å². The van der Waals surface area contributed by atoms with Crippen molar-refractivity contribution in [1.82, 2.24) is 0 Å². The zero-order valence-corrected chi connectivity index (χ0v) is 10.5. The molecule has 1 saturated carbocycles. The van der Waals surface area contributed by atoms with Crippen LogP contribution < -0.4 is 0 Å². The lowest BCUT2D eigenvalue weighted by molar-refractivity contribution is -0.147. The summed E-state index contributed by atoms with van der Waals surface area (Å²) in [5.41, 5.74) is 0. The fourth-order valence-corrected chi connectivity index (χ4v) is 3.52. The number of carboxylic acids is 2. The van der Waals surface area contributed by atoms with Gasteiger partial charge in [0.05, 0.1) is 37.3 Å². The maximum atomic E-state index is 11.5. The predicted octanol–water partition coefficient (Wildman–Crippen LogP) is 0.602. The van der Waals surface area contributed by atoms with E-state index in [-0.39, 0.29) is 24.0 Å². The Kier molecular flexibility index (Phi) is 3.22.